The van der Waals surface area contributed by atoms with Crippen molar-refractivity contribution < 1.29 is 14.0 Å². The monoisotopic (exact) mass is 372 g/mol. The van der Waals surface area contributed by atoms with Crippen LogP contribution < -0.4 is 5.32 Å². The molecule has 7 heteroatoms. The highest BCUT2D eigenvalue weighted by Gasteiger charge is 2.28. The van der Waals surface area contributed by atoms with Gasteiger partial charge in [0.1, 0.15) is 11.5 Å². The van der Waals surface area contributed by atoms with Gasteiger partial charge in [-0.05, 0) is 49.4 Å². The first kappa shape index (κ1) is 19.1. The molecule has 144 valence electrons. The van der Waals surface area contributed by atoms with Crippen molar-refractivity contribution in [2.45, 2.75) is 39.7 Å². The van der Waals surface area contributed by atoms with Crippen LogP contribution in [0.15, 0.2) is 24.3 Å². The van der Waals surface area contributed by atoms with Crippen LogP contribution in [-0.2, 0) is 17.8 Å². The van der Waals surface area contributed by atoms with Crippen LogP contribution in [0.2, 0.25) is 0 Å². The van der Waals surface area contributed by atoms with E-state index in [1.165, 1.54) is 6.07 Å². The van der Waals surface area contributed by atoms with Crippen LogP contribution in [0.25, 0.3) is 0 Å². The Kier molecular flexibility index (Phi) is 5.88. The molecular weight excluding hydrogens is 347 g/mol. The third-order valence-corrected chi connectivity index (χ3v) is 5.09. The van der Waals surface area contributed by atoms with E-state index in [1.54, 1.807) is 24.0 Å². The number of halogens is 1. The summed E-state index contributed by atoms with van der Waals surface area (Å²) >= 11 is 0. The molecule has 2 amide bonds. The van der Waals surface area contributed by atoms with Crippen LogP contribution >= 0.6 is 0 Å². The zero-order chi connectivity index (χ0) is 19.4. The summed E-state index contributed by atoms with van der Waals surface area (Å²) in [6.45, 7) is 5.08. The van der Waals surface area contributed by atoms with E-state index in [0.29, 0.717) is 43.7 Å². The third-order valence-electron chi connectivity index (χ3n) is 5.09. The molecule has 1 aliphatic heterocycles. The van der Waals surface area contributed by atoms with Crippen molar-refractivity contribution in [1.82, 2.24) is 20.4 Å². The molecule has 0 saturated carbocycles. The van der Waals surface area contributed by atoms with E-state index < -0.39 is 0 Å². The largest absolute Gasteiger partial charge is 0.352 e. The van der Waals surface area contributed by atoms with Gasteiger partial charge in [0.05, 0.1) is 0 Å². The molecule has 2 heterocycles. The van der Waals surface area contributed by atoms with Crippen LogP contribution in [0.5, 0.6) is 0 Å². The lowest BCUT2D eigenvalue weighted by Gasteiger charge is -2.30. The number of hydrogen-bond donors (Lipinski definition) is 2. The average molecular weight is 372 g/mol. The lowest BCUT2D eigenvalue weighted by Crippen LogP contribution is -2.43. The zero-order valence-electron chi connectivity index (χ0n) is 15.7. The summed E-state index contributed by atoms with van der Waals surface area (Å²) in [5, 5.41) is 9.80. The highest BCUT2D eigenvalue weighted by Crippen LogP contribution is 2.19. The maximum absolute atomic E-state index is 13.6. The van der Waals surface area contributed by atoms with Crippen molar-refractivity contribution in [3.63, 3.8) is 0 Å². The minimum Gasteiger partial charge on any atom is -0.352 e. The number of amides is 2. The highest BCUT2D eigenvalue weighted by molar-refractivity contribution is 5.92. The van der Waals surface area contributed by atoms with Gasteiger partial charge in [-0.3, -0.25) is 14.7 Å². The summed E-state index contributed by atoms with van der Waals surface area (Å²) in [5.74, 6) is -0.538. The van der Waals surface area contributed by atoms with E-state index >= 15 is 0 Å². The van der Waals surface area contributed by atoms with Gasteiger partial charge in [0.25, 0.3) is 5.91 Å². The van der Waals surface area contributed by atoms with Crippen LogP contribution in [0.4, 0.5) is 4.39 Å². The number of nitrogens with zero attached hydrogens (tertiary/aromatic N) is 2. The number of piperidine rings is 1. The number of H-pyrrole nitrogens is 1. The van der Waals surface area contributed by atoms with Crippen LogP contribution in [0, 0.1) is 18.7 Å². The number of carbonyl (C=O) groups excluding carboxylic acids is 2. The standard InChI is InChI=1S/C20H25FN4O2/c1-3-16-11-18(24-23-16)20(27)25-8-6-15(7-9-25)19(26)22-12-14-5-4-13(2)17(21)10-14/h4-5,10-11,15H,3,6-9,12H2,1-2H3,(H,22,26)(H,23,24). The van der Waals surface area contributed by atoms with Gasteiger partial charge in [-0.25, -0.2) is 4.39 Å². The van der Waals surface area contributed by atoms with Crippen molar-refractivity contribution >= 4 is 11.8 Å². The Balaban J connectivity index is 1.48. The molecule has 1 saturated heterocycles. The van der Waals surface area contributed by atoms with Gasteiger partial charge >= 0.3 is 0 Å². The number of rotatable bonds is 5. The molecule has 0 bridgehead atoms. The number of aryl methyl sites for hydroxylation is 2. The topological polar surface area (TPSA) is 78.1 Å². The molecule has 0 unspecified atom stereocenters. The maximum Gasteiger partial charge on any atom is 0.274 e. The Hall–Kier alpha value is -2.70. The van der Waals surface area contributed by atoms with Crippen LogP contribution in [0.3, 0.4) is 0 Å². The number of carbonyl (C=O) groups is 2. The Morgan fingerprint density at radius 3 is 2.67 bits per heavy atom. The Bertz CT molecular complexity index is 825. The Morgan fingerprint density at radius 1 is 1.30 bits per heavy atom. The SMILES string of the molecule is CCc1cc(C(=O)N2CCC(C(=O)NCc3ccc(C)c(F)c3)CC2)n[nH]1. The van der Waals surface area contributed by atoms with Gasteiger partial charge in [-0.2, -0.15) is 5.10 Å². The Labute approximate surface area is 158 Å². The quantitative estimate of drug-likeness (QED) is 0.847. The van der Waals surface area contributed by atoms with Crippen LogP contribution in [0.1, 0.15) is 47.1 Å². The van der Waals surface area contributed by atoms with E-state index in [1.807, 2.05) is 13.0 Å². The minimum absolute atomic E-state index is 0.0453. The predicted octanol–water partition coefficient (Wildman–Crippen LogP) is 2.59. The van der Waals surface area contributed by atoms with E-state index in [-0.39, 0.29) is 23.5 Å². The lowest BCUT2D eigenvalue weighted by atomic mass is 9.95. The number of benzene rings is 1. The minimum atomic E-state index is -0.266. The second kappa shape index (κ2) is 8.33. The molecule has 0 aliphatic carbocycles. The molecule has 2 N–H and O–H groups in total. The summed E-state index contributed by atoms with van der Waals surface area (Å²) in [6, 6.07) is 6.75. The van der Waals surface area contributed by atoms with Crippen LogP contribution in [-0.4, -0.2) is 40.0 Å². The normalized spacial score (nSPS) is 15.0. The van der Waals surface area contributed by atoms with E-state index in [9.17, 15) is 14.0 Å². The van der Waals surface area contributed by atoms with Crippen molar-refractivity contribution in [2.24, 2.45) is 5.92 Å². The Morgan fingerprint density at radius 2 is 2.04 bits per heavy atom. The van der Waals surface area contributed by atoms with Gasteiger partial charge in [0, 0.05) is 31.2 Å². The summed E-state index contributed by atoms with van der Waals surface area (Å²) in [4.78, 5) is 26.6. The maximum atomic E-state index is 13.6. The van der Waals surface area contributed by atoms with Crippen molar-refractivity contribution in [1.29, 1.82) is 0 Å². The molecule has 1 aromatic heterocycles. The molecule has 0 radical (unpaired) electrons. The van der Waals surface area contributed by atoms with Gasteiger partial charge in [0.15, 0.2) is 0 Å². The summed E-state index contributed by atoms with van der Waals surface area (Å²) in [5.41, 5.74) is 2.69. The molecule has 1 aliphatic rings. The number of aromatic amines is 1. The van der Waals surface area contributed by atoms with Gasteiger partial charge < -0.3 is 10.2 Å². The third kappa shape index (κ3) is 4.53. The average Bonchev–Trinajstić information content (AvgIpc) is 3.17. The number of aromatic nitrogens is 2. The van der Waals surface area contributed by atoms with E-state index in [0.717, 1.165) is 17.7 Å². The molecule has 3 rings (SSSR count). The molecule has 0 atom stereocenters. The molecule has 0 spiro atoms. The van der Waals surface area contributed by atoms with E-state index in [2.05, 4.69) is 15.5 Å². The second-order valence-electron chi connectivity index (χ2n) is 7.00. The number of nitrogens with one attached hydrogen (secondary N) is 2. The van der Waals surface area contributed by atoms with Crippen molar-refractivity contribution in [3.8, 4) is 0 Å². The van der Waals surface area contributed by atoms with Gasteiger partial charge in [0.2, 0.25) is 5.91 Å². The molecule has 27 heavy (non-hydrogen) atoms. The van der Waals surface area contributed by atoms with Gasteiger partial charge in [-0.1, -0.05) is 19.1 Å². The first-order valence-corrected chi connectivity index (χ1v) is 9.34. The number of likely N-dealkylation sites (tertiary alicyclic amines) is 1. The second-order valence-corrected chi connectivity index (χ2v) is 7.00. The fourth-order valence-corrected chi connectivity index (χ4v) is 3.24. The molecular formula is C20H25FN4O2. The first-order chi connectivity index (χ1) is 13.0. The van der Waals surface area contributed by atoms with Gasteiger partial charge in [-0.15, -0.1) is 0 Å². The fraction of sp³-hybridized carbons (Fsp3) is 0.450. The van der Waals surface area contributed by atoms with E-state index in [4.69, 9.17) is 0 Å². The highest BCUT2D eigenvalue weighted by atomic mass is 19.1. The smallest absolute Gasteiger partial charge is 0.274 e. The summed E-state index contributed by atoms with van der Waals surface area (Å²) in [7, 11) is 0. The predicted molar refractivity (Wildman–Crippen MR) is 99.6 cm³/mol. The first-order valence-electron chi connectivity index (χ1n) is 9.34. The molecule has 6 nitrogen and oxygen atoms in total. The fourth-order valence-electron chi connectivity index (χ4n) is 3.24. The number of hydrogen-bond acceptors (Lipinski definition) is 3. The molecule has 1 fully saturated rings. The molecule has 1 aromatic carbocycles. The lowest BCUT2D eigenvalue weighted by molar-refractivity contribution is -0.126. The summed E-state index contributed by atoms with van der Waals surface area (Å²) in [6.07, 6.45) is 2.03. The summed E-state index contributed by atoms with van der Waals surface area (Å²) < 4.78 is 13.6. The zero-order valence-corrected chi connectivity index (χ0v) is 15.7. The van der Waals surface area contributed by atoms with Crippen molar-refractivity contribution in [2.75, 3.05) is 13.1 Å². The van der Waals surface area contributed by atoms with Crippen molar-refractivity contribution in [3.05, 3.63) is 52.6 Å². The molecule has 2 aromatic rings.